The predicted octanol–water partition coefficient (Wildman–Crippen LogP) is 4.92. The zero-order valence-electron chi connectivity index (χ0n) is 18.2. The van der Waals surface area contributed by atoms with Crippen LogP contribution in [0.4, 0.5) is 17.1 Å². The van der Waals surface area contributed by atoms with Crippen LogP contribution >= 0.6 is 0 Å². The van der Waals surface area contributed by atoms with Gasteiger partial charge >= 0.3 is 5.97 Å². The molecule has 1 aliphatic heterocycles. The number of hydrogen-bond donors (Lipinski definition) is 2. The van der Waals surface area contributed by atoms with Crippen molar-refractivity contribution in [1.82, 2.24) is 4.98 Å². The maximum atomic E-state index is 11.4. The molecule has 0 amide bonds. The number of carbonyl (C=O) groups is 1. The van der Waals surface area contributed by atoms with Crippen molar-refractivity contribution in [2.45, 2.75) is 19.3 Å². The van der Waals surface area contributed by atoms with E-state index in [1.807, 2.05) is 38.2 Å². The highest BCUT2D eigenvalue weighted by Gasteiger charge is 2.23. The van der Waals surface area contributed by atoms with Gasteiger partial charge in [-0.1, -0.05) is 6.07 Å². The first-order valence-electron chi connectivity index (χ1n) is 10.7. The molecule has 0 unspecified atom stereocenters. The SMILES string of the molecule is CCOc1ccc(N(C)c2ccc3c(c2)OCC[C@H]3CNc2cnccc2C(=O)O)cc1. The molecule has 1 aromatic heterocycles. The van der Waals surface area contributed by atoms with E-state index in [0.29, 0.717) is 25.4 Å². The predicted molar refractivity (Wildman–Crippen MR) is 125 cm³/mol. The maximum Gasteiger partial charge on any atom is 0.337 e. The molecule has 7 heteroatoms. The normalized spacial score (nSPS) is 14.8. The Balaban J connectivity index is 1.49. The minimum atomic E-state index is -0.968. The zero-order valence-corrected chi connectivity index (χ0v) is 18.2. The fourth-order valence-electron chi connectivity index (χ4n) is 3.91. The first-order chi connectivity index (χ1) is 15.6. The van der Waals surface area contributed by atoms with Gasteiger partial charge in [-0.3, -0.25) is 4.98 Å². The van der Waals surface area contributed by atoms with Gasteiger partial charge in [-0.15, -0.1) is 0 Å². The number of aromatic nitrogens is 1. The molecular formula is C25H27N3O4. The Labute approximate surface area is 187 Å². The molecule has 7 nitrogen and oxygen atoms in total. The van der Waals surface area contributed by atoms with E-state index in [9.17, 15) is 9.90 Å². The molecule has 0 fully saturated rings. The smallest absolute Gasteiger partial charge is 0.337 e. The second kappa shape index (κ2) is 9.60. The van der Waals surface area contributed by atoms with Crippen molar-refractivity contribution in [2.75, 3.05) is 37.0 Å². The van der Waals surface area contributed by atoms with Crippen LogP contribution in [0.1, 0.15) is 35.2 Å². The van der Waals surface area contributed by atoms with E-state index in [4.69, 9.17) is 9.47 Å². The highest BCUT2D eigenvalue weighted by molar-refractivity contribution is 5.93. The second-order valence-electron chi connectivity index (χ2n) is 7.65. The number of fused-ring (bicyclic) bond motifs is 1. The van der Waals surface area contributed by atoms with E-state index in [-0.39, 0.29) is 11.5 Å². The van der Waals surface area contributed by atoms with Gasteiger partial charge in [0.05, 0.1) is 30.7 Å². The van der Waals surface area contributed by atoms with Gasteiger partial charge < -0.3 is 24.8 Å². The largest absolute Gasteiger partial charge is 0.494 e. The highest BCUT2D eigenvalue weighted by Crippen LogP contribution is 2.38. The molecule has 0 saturated carbocycles. The summed E-state index contributed by atoms with van der Waals surface area (Å²) in [5, 5.41) is 12.6. The maximum absolute atomic E-state index is 11.4. The monoisotopic (exact) mass is 433 g/mol. The molecule has 4 rings (SSSR count). The summed E-state index contributed by atoms with van der Waals surface area (Å²) in [6.07, 6.45) is 3.90. The zero-order chi connectivity index (χ0) is 22.5. The van der Waals surface area contributed by atoms with Gasteiger partial charge in [0, 0.05) is 43.1 Å². The minimum absolute atomic E-state index is 0.213. The Kier molecular flexibility index (Phi) is 6.44. The lowest BCUT2D eigenvalue weighted by Gasteiger charge is -2.28. The van der Waals surface area contributed by atoms with Crippen LogP contribution in [0.2, 0.25) is 0 Å². The van der Waals surface area contributed by atoms with Crippen molar-refractivity contribution in [2.24, 2.45) is 0 Å². The lowest BCUT2D eigenvalue weighted by molar-refractivity contribution is 0.0697. The lowest BCUT2D eigenvalue weighted by Crippen LogP contribution is -2.22. The average Bonchev–Trinajstić information content (AvgIpc) is 2.82. The van der Waals surface area contributed by atoms with Crippen LogP contribution in [0.15, 0.2) is 60.9 Å². The van der Waals surface area contributed by atoms with Crippen molar-refractivity contribution in [3.8, 4) is 11.5 Å². The summed E-state index contributed by atoms with van der Waals surface area (Å²) in [5.74, 6) is 0.964. The molecule has 32 heavy (non-hydrogen) atoms. The van der Waals surface area contributed by atoms with E-state index in [1.165, 1.54) is 12.3 Å². The van der Waals surface area contributed by atoms with Crippen LogP contribution in [0.25, 0.3) is 0 Å². The highest BCUT2D eigenvalue weighted by atomic mass is 16.5. The molecule has 2 N–H and O–H groups in total. The quantitative estimate of drug-likeness (QED) is 0.521. The van der Waals surface area contributed by atoms with Crippen molar-refractivity contribution in [1.29, 1.82) is 0 Å². The average molecular weight is 434 g/mol. The molecule has 2 heterocycles. The van der Waals surface area contributed by atoms with Gasteiger partial charge in [-0.25, -0.2) is 4.79 Å². The topological polar surface area (TPSA) is 83.9 Å². The van der Waals surface area contributed by atoms with E-state index in [2.05, 4.69) is 33.4 Å². The Morgan fingerprint density at radius 1 is 1.22 bits per heavy atom. The number of hydrogen-bond acceptors (Lipinski definition) is 6. The molecule has 0 aliphatic carbocycles. The summed E-state index contributed by atoms with van der Waals surface area (Å²) in [7, 11) is 2.02. The summed E-state index contributed by atoms with van der Waals surface area (Å²) in [6, 6.07) is 15.8. The van der Waals surface area contributed by atoms with Crippen LogP contribution < -0.4 is 19.7 Å². The fraction of sp³-hybridized carbons (Fsp3) is 0.280. The molecule has 0 bridgehead atoms. The summed E-state index contributed by atoms with van der Waals surface area (Å²) in [4.78, 5) is 17.6. The number of nitrogens with one attached hydrogen (secondary N) is 1. The Bertz CT molecular complexity index is 1080. The number of ether oxygens (including phenoxy) is 2. The molecule has 2 aromatic carbocycles. The summed E-state index contributed by atoms with van der Waals surface area (Å²) in [5.41, 5.74) is 3.95. The van der Waals surface area contributed by atoms with Crippen molar-refractivity contribution in [3.05, 3.63) is 72.1 Å². The number of anilines is 3. The third kappa shape index (κ3) is 4.61. The number of pyridine rings is 1. The van der Waals surface area contributed by atoms with E-state index >= 15 is 0 Å². The molecule has 0 saturated heterocycles. The van der Waals surface area contributed by atoms with Gasteiger partial charge in [-0.2, -0.15) is 0 Å². The summed E-state index contributed by atoms with van der Waals surface area (Å²) >= 11 is 0. The van der Waals surface area contributed by atoms with E-state index in [1.54, 1.807) is 6.20 Å². The fourth-order valence-corrected chi connectivity index (χ4v) is 3.91. The Morgan fingerprint density at radius 2 is 2.00 bits per heavy atom. The first kappa shape index (κ1) is 21.5. The van der Waals surface area contributed by atoms with Crippen LogP contribution in [0.5, 0.6) is 11.5 Å². The van der Waals surface area contributed by atoms with Crippen LogP contribution in [0, 0.1) is 0 Å². The molecule has 1 aliphatic rings. The van der Waals surface area contributed by atoms with Gasteiger partial charge in [0.1, 0.15) is 11.5 Å². The van der Waals surface area contributed by atoms with Crippen molar-refractivity contribution >= 4 is 23.0 Å². The van der Waals surface area contributed by atoms with Crippen molar-refractivity contribution in [3.63, 3.8) is 0 Å². The van der Waals surface area contributed by atoms with Gasteiger partial charge in [0.25, 0.3) is 0 Å². The third-order valence-corrected chi connectivity index (χ3v) is 5.67. The molecule has 166 valence electrons. The number of rotatable bonds is 8. The van der Waals surface area contributed by atoms with Crippen LogP contribution in [-0.2, 0) is 0 Å². The summed E-state index contributed by atoms with van der Waals surface area (Å²) < 4.78 is 11.5. The van der Waals surface area contributed by atoms with E-state index in [0.717, 1.165) is 34.9 Å². The van der Waals surface area contributed by atoms with E-state index < -0.39 is 5.97 Å². The third-order valence-electron chi connectivity index (χ3n) is 5.67. The number of carboxylic acid groups (broad SMARTS) is 1. The van der Waals surface area contributed by atoms with Gasteiger partial charge in [0.2, 0.25) is 0 Å². The van der Waals surface area contributed by atoms with Crippen molar-refractivity contribution < 1.29 is 19.4 Å². The summed E-state index contributed by atoms with van der Waals surface area (Å²) in [6.45, 7) is 3.84. The number of carboxylic acids is 1. The lowest BCUT2D eigenvalue weighted by atomic mass is 9.92. The number of nitrogens with zero attached hydrogens (tertiary/aromatic N) is 2. The second-order valence-corrected chi connectivity index (χ2v) is 7.65. The molecule has 0 spiro atoms. The number of benzene rings is 2. The first-order valence-corrected chi connectivity index (χ1v) is 10.7. The van der Waals surface area contributed by atoms with Gasteiger partial charge in [0.15, 0.2) is 0 Å². The molecule has 1 atom stereocenters. The van der Waals surface area contributed by atoms with Gasteiger partial charge in [-0.05, 0) is 55.3 Å². The minimum Gasteiger partial charge on any atom is -0.494 e. The molecule has 0 radical (unpaired) electrons. The Hall–Kier alpha value is -3.74. The Morgan fingerprint density at radius 3 is 2.75 bits per heavy atom. The van der Waals surface area contributed by atoms with Crippen LogP contribution in [0.3, 0.4) is 0 Å². The number of aromatic carboxylic acids is 1. The molecular weight excluding hydrogens is 406 g/mol. The molecule has 3 aromatic rings. The standard InChI is InChI=1S/C25H27N3O4/c1-3-31-20-7-4-18(5-8-20)28(2)19-6-9-21-17(11-13-32-24(21)14-19)15-27-23-16-26-12-10-22(23)25(29)30/h4-10,12,14,16-17,27H,3,11,13,15H2,1-2H3,(H,29,30)/t17-/m0/s1. The van der Waals surface area contributed by atoms with Crippen LogP contribution in [-0.4, -0.2) is 42.9 Å².